The zero-order valence-corrected chi connectivity index (χ0v) is 17.9. The van der Waals surface area contributed by atoms with E-state index < -0.39 is 42.5 Å². The fourth-order valence-corrected chi connectivity index (χ4v) is 3.05. The Labute approximate surface area is 173 Å². The largest absolute Gasteiger partial charge is 0.458 e. The first-order valence-corrected chi connectivity index (χ1v) is 10.5. The Bertz CT molecular complexity index is 584. The molecular formula is C22H36O7. The third kappa shape index (κ3) is 8.68. The van der Waals surface area contributed by atoms with Gasteiger partial charge in [0.05, 0.1) is 18.6 Å². The van der Waals surface area contributed by atoms with Crippen LogP contribution in [0.2, 0.25) is 0 Å². The van der Waals surface area contributed by atoms with Crippen molar-refractivity contribution in [3.8, 4) is 0 Å². The van der Waals surface area contributed by atoms with Crippen LogP contribution in [0.15, 0.2) is 23.8 Å². The Kier molecular flexibility index (Phi) is 11.2. The van der Waals surface area contributed by atoms with Crippen molar-refractivity contribution in [3.05, 3.63) is 23.8 Å². The Morgan fingerprint density at radius 1 is 1.24 bits per heavy atom. The first-order valence-electron chi connectivity index (χ1n) is 10.5. The van der Waals surface area contributed by atoms with Gasteiger partial charge in [-0.1, -0.05) is 58.3 Å². The molecule has 0 saturated heterocycles. The average Bonchev–Trinajstić information content (AvgIpc) is 2.68. The predicted octanol–water partition coefficient (Wildman–Crippen LogP) is 2.43. The molecule has 0 aliphatic carbocycles. The van der Waals surface area contributed by atoms with Crippen molar-refractivity contribution in [1.29, 1.82) is 0 Å². The van der Waals surface area contributed by atoms with Crippen molar-refractivity contribution in [3.63, 3.8) is 0 Å². The highest BCUT2D eigenvalue weighted by Gasteiger charge is 2.35. The van der Waals surface area contributed by atoms with E-state index in [1.54, 1.807) is 6.92 Å². The molecule has 0 spiro atoms. The van der Waals surface area contributed by atoms with Crippen molar-refractivity contribution in [1.82, 2.24) is 0 Å². The van der Waals surface area contributed by atoms with Crippen LogP contribution in [0, 0.1) is 5.92 Å². The molecule has 0 fully saturated rings. The second-order valence-corrected chi connectivity index (χ2v) is 7.77. The highest BCUT2D eigenvalue weighted by molar-refractivity contribution is 5.88. The number of esters is 2. The molecular weight excluding hydrogens is 376 g/mol. The summed E-state index contributed by atoms with van der Waals surface area (Å²) in [5.41, 5.74) is 0.418. The maximum atomic E-state index is 12.6. The van der Waals surface area contributed by atoms with Crippen LogP contribution in [0.1, 0.15) is 66.2 Å². The van der Waals surface area contributed by atoms with E-state index in [-0.39, 0.29) is 12.3 Å². The number of allylic oxidation sites excluding steroid dienone is 1. The summed E-state index contributed by atoms with van der Waals surface area (Å²) in [7, 11) is 0. The third-order valence-electron chi connectivity index (χ3n) is 5.10. The number of aliphatic hydroxyl groups is 3. The van der Waals surface area contributed by atoms with Gasteiger partial charge in [-0.25, -0.2) is 4.79 Å². The molecule has 1 heterocycles. The van der Waals surface area contributed by atoms with E-state index in [2.05, 4.69) is 0 Å². The fraction of sp³-hybridized carbons (Fsp3) is 0.727. The molecule has 0 amide bonds. The zero-order chi connectivity index (χ0) is 22.0. The van der Waals surface area contributed by atoms with Crippen molar-refractivity contribution < 1.29 is 34.4 Å². The second-order valence-electron chi connectivity index (χ2n) is 7.77. The number of hydrogen-bond acceptors (Lipinski definition) is 7. The Morgan fingerprint density at radius 3 is 2.52 bits per heavy atom. The van der Waals surface area contributed by atoms with Crippen LogP contribution in [0.3, 0.4) is 0 Å². The van der Waals surface area contributed by atoms with E-state index in [9.17, 15) is 24.9 Å². The summed E-state index contributed by atoms with van der Waals surface area (Å²) in [5, 5.41) is 30.4. The highest BCUT2D eigenvalue weighted by atomic mass is 16.6. The van der Waals surface area contributed by atoms with Gasteiger partial charge in [0.25, 0.3) is 0 Å². The molecule has 6 atom stereocenters. The molecule has 166 valence electrons. The number of carbonyl (C=O) groups excluding carboxylic acids is 2. The van der Waals surface area contributed by atoms with Gasteiger partial charge in [-0.3, -0.25) is 4.79 Å². The fourth-order valence-electron chi connectivity index (χ4n) is 3.05. The van der Waals surface area contributed by atoms with Gasteiger partial charge in [0.1, 0.15) is 12.2 Å². The summed E-state index contributed by atoms with van der Waals surface area (Å²) in [4.78, 5) is 24.8. The maximum absolute atomic E-state index is 12.6. The molecule has 6 unspecified atom stereocenters. The van der Waals surface area contributed by atoms with Crippen molar-refractivity contribution >= 4 is 11.9 Å². The topological polar surface area (TPSA) is 113 Å². The molecule has 0 saturated carbocycles. The summed E-state index contributed by atoms with van der Waals surface area (Å²) in [6, 6.07) is 0. The summed E-state index contributed by atoms with van der Waals surface area (Å²) in [6.45, 7) is 7.68. The van der Waals surface area contributed by atoms with Gasteiger partial charge < -0.3 is 24.8 Å². The lowest BCUT2D eigenvalue weighted by Crippen LogP contribution is -2.44. The Balaban J connectivity index is 3.12. The number of ether oxygens (including phenoxy) is 2. The maximum Gasteiger partial charge on any atom is 0.333 e. The Morgan fingerprint density at radius 2 is 1.90 bits per heavy atom. The van der Waals surface area contributed by atoms with E-state index in [4.69, 9.17) is 9.47 Å². The SMILES string of the molecule is CCCCCC1OC(=O)CC(O)C(O)/C=C/C(O)C1OC(=O)/C(C)=C/C(C)CC. The van der Waals surface area contributed by atoms with E-state index in [1.807, 2.05) is 26.8 Å². The van der Waals surface area contributed by atoms with Gasteiger partial charge in [-0.05, 0) is 25.7 Å². The van der Waals surface area contributed by atoms with Crippen molar-refractivity contribution in [2.45, 2.75) is 96.7 Å². The lowest BCUT2D eigenvalue weighted by Gasteiger charge is -2.31. The van der Waals surface area contributed by atoms with Gasteiger partial charge in [0.2, 0.25) is 0 Å². The molecule has 0 aromatic heterocycles. The molecule has 0 aromatic carbocycles. The standard InChI is InChI=1S/C22H36O7/c1-5-7-8-9-19-21(29-22(27)15(4)12-14(3)6-2)17(24)11-10-16(23)18(25)13-20(26)28-19/h10-12,14,16-19,21,23-25H,5-9,13H2,1-4H3/b11-10+,15-12+. The monoisotopic (exact) mass is 412 g/mol. The van der Waals surface area contributed by atoms with Gasteiger partial charge in [0, 0.05) is 5.57 Å². The third-order valence-corrected chi connectivity index (χ3v) is 5.10. The van der Waals surface area contributed by atoms with Crippen LogP contribution in [-0.2, 0) is 19.1 Å². The number of unbranched alkanes of at least 4 members (excludes halogenated alkanes) is 2. The quantitative estimate of drug-likeness (QED) is 0.243. The van der Waals surface area contributed by atoms with Gasteiger partial charge in [-0.2, -0.15) is 0 Å². The zero-order valence-electron chi connectivity index (χ0n) is 17.9. The van der Waals surface area contributed by atoms with Gasteiger partial charge >= 0.3 is 11.9 Å². The minimum absolute atomic E-state index is 0.200. The van der Waals surface area contributed by atoms with Crippen molar-refractivity contribution in [2.24, 2.45) is 5.92 Å². The molecule has 1 rings (SSSR count). The van der Waals surface area contributed by atoms with Crippen LogP contribution >= 0.6 is 0 Å². The number of hydrogen-bond donors (Lipinski definition) is 3. The Hall–Kier alpha value is -1.70. The summed E-state index contributed by atoms with van der Waals surface area (Å²) in [5.74, 6) is -1.10. The minimum atomic E-state index is -1.34. The molecule has 29 heavy (non-hydrogen) atoms. The molecule has 0 aromatic rings. The van der Waals surface area contributed by atoms with Crippen LogP contribution in [0.4, 0.5) is 0 Å². The molecule has 1 aliphatic heterocycles. The van der Waals surface area contributed by atoms with Gasteiger partial charge in [0.15, 0.2) is 6.10 Å². The number of cyclic esters (lactones) is 1. The van der Waals surface area contributed by atoms with Gasteiger partial charge in [-0.15, -0.1) is 0 Å². The van der Waals surface area contributed by atoms with Crippen molar-refractivity contribution in [2.75, 3.05) is 0 Å². The van der Waals surface area contributed by atoms with E-state index in [0.29, 0.717) is 12.0 Å². The van der Waals surface area contributed by atoms with E-state index in [0.717, 1.165) is 25.7 Å². The molecule has 1 aliphatic rings. The number of carbonyl (C=O) groups is 2. The molecule has 0 bridgehead atoms. The molecule has 0 radical (unpaired) electrons. The van der Waals surface area contributed by atoms with E-state index >= 15 is 0 Å². The highest BCUT2D eigenvalue weighted by Crippen LogP contribution is 2.22. The lowest BCUT2D eigenvalue weighted by molar-refractivity contribution is -0.175. The summed E-state index contributed by atoms with van der Waals surface area (Å²) >= 11 is 0. The molecule has 3 N–H and O–H groups in total. The normalized spacial score (nSPS) is 30.9. The minimum Gasteiger partial charge on any atom is -0.458 e. The second kappa shape index (κ2) is 12.8. The van der Waals surface area contributed by atoms with Crippen LogP contribution in [-0.4, -0.2) is 57.8 Å². The summed E-state index contributed by atoms with van der Waals surface area (Å²) in [6.07, 6.45) is 1.84. The number of rotatable bonds is 8. The average molecular weight is 413 g/mol. The molecule has 7 heteroatoms. The smallest absolute Gasteiger partial charge is 0.333 e. The van der Waals surface area contributed by atoms with Crippen LogP contribution < -0.4 is 0 Å². The first kappa shape index (κ1) is 25.3. The predicted molar refractivity (Wildman–Crippen MR) is 109 cm³/mol. The van der Waals surface area contributed by atoms with Crippen LogP contribution in [0.5, 0.6) is 0 Å². The first-order chi connectivity index (χ1) is 13.7. The molecule has 7 nitrogen and oxygen atoms in total. The lowest BCUT2D eigenvalue weighted by atomic mass is 9.98. The number of aliphatic hydroxyl groups excluding tert-OH is 3. The van der Waals surface area contributed by atoms with E-state index in [1.165, 1.54) is 12.2 Å². The summed E-state index contributed by atoms with van der Waals surface area (Å²) < 4.78 is 11.0. The van der Waals surface area contributed by atoms with Crippen LogP contribution in [0.25, 0.3) is 0 Å².